The summed E-state index contributed by atoms with van der Waals surface area (Å²) in [6, 6.07) is 5.72. The molecule has 0 spiro atoms. The van der Waals surface area contributed by atoms with Gasteiger partial charge in [0.05, 0.1) is 18.8 Å². The Labute approximate surface area is 179 Å². The topological polar surface area (TPSA) is 38.7 Å². The van der Waals surface area contributed by atoms with Crippen molar-refractivity contribution in [1.29, 1.82) is 0 Å². The summed E-state index contributed by atoms with van der Waals surface area (Å²) in [7, 11) is 0. The largest absolute Gasteiger partial charge is 0.486 e. The highest BCUT2D eigenvalue weighted by Gasteiger charge is 2.27. The van der Waals surface area contributed by atoms with Crippen molar-refractivity contribution in [2.24, 2.45) is 0 Å². The molecule has 0 heterocycles. The molecular weight excluding hydrogens is 412 g/mol. The predicted molar refractivity (Wildman–Crippen MR) is 109 cm³/mol. The fourth-order valence-electron chi connectivity index (χ4n) is 3.91. The first-order chi connectivity index (χ1) is 14.8. The lowest BCUT2D eigenvalue weighted by Crippen LogP contribution is -2.22. The van der Waals surface area contributed by atoms with Gasteiger partial charge in [-0.05, 0) is 50.2 Å². The first-order valence-corrected chi connectivity index (χ1v) is 10.3. The standard InChI is InChI=1S/C24H26F4O3/c1-3-12-30-20-11-10-19(23(27)24(20)28)15-4-7-17(8-5-15)31-13-16-6-9-18(14(2)29)22(26)21(16)25/h3,6,9-11,14-15,17,29H,1,4-5,7-8,12-13H2,2H3. The van der Waals surface area contributed by atoms with E-state index in [1.807, 2.05) is 0 Å². The quantitative estimate of drug-likeness (QED) is 0.400. The highest BCUT2D eigenvalue weighted by molar-refractivity contribution is 5.33. The molecule has 2 aromatic carbocycles. The fraction of sp³-hybridized carbons (Fsp3) is 0.417. The van der Waals surface area contributed by atoms with Crippen LogP contribution in [-0.4, -0.2) is 17.8 Å². The maximum atomic E-state index is 14.5. The van der Waals surface area contributed by atoms with Crippen LogP contribution in [0.5, 0.6) is 5.75 Å². The fourth-order valence-corrected chi connectivity index (χ4v) is 3.91. The minimum absolute atomic E-state index is 0.0762. The highest BCUT2D eigenvalue weighted by Crippen LogP contribution is 2.37. The summed E-state index contributed by atoms with van der Waals surface area (Å²) in [6.45, 7) is 4.83. The first kappa shape index (κ1) is 23.3. The lowest BCUT2D eigenvalue weighted by Gasteiger charge is -2.29. The Balaban J connectivity index is 1.58. The zero-order valence-electron chi connectivity index (χ0n) is 17.3. The van der Waals surface area contributed by atoms with Crippen LogP contribution in [0.25, 0.3) is 0 Å². The van der Waals surface area contributed by atoms with E-state index in [4.69, 9.17) is 9.47 Å². The molecule has 0 aromatic heterocycles. The summed E-state index contributed by atoms with van der Waals surface area (Å²) in [4.78, 5) is 0. The van der Waals surface area contributed by atoms with Crippen LogP contribution in [0.1, 0.15) is 61.3 Å². The molecule has 31 heavy (non-hydrogen) atoms. The van der Waals surface area contributed by atoms with Crippen molar-refractivity contribution in [3.63, 3.8) is 0 Å². The van der Waals surface area contributed by atoms with E-state index >= 15 is 0 Å². The molecule has 1 saturated carbocycles. The Morgan fingerprint density at radius 3 is 2.35 bits per heavy atom. The van der Waals surface area contributed by atoms with Crippen molar-refractivity contribution in [3.05, 3.63) is 76.9 Å². The maximum Gasteiger partial charge on any atom is 0.200 e. The second-order valence-corrected chi connectivity index (χ2v) is 7.78. The van der Waals surface area contributed by atoms with Crippen LogP contribution >= 0.6 is 0 Å². The lowest BCUT2D eigenvalue weighted by atomic mass is 9.82. The summed E-state index contributed by atoms with van der Waals surface area (Å²) in [6.07, 6.45) is 2.53. The number of benzene rings is 2. The molecule has 1 N–H and O–H groups in total. The average Bonchev–Trinajstić information content (AvgIpc) is 2.76. The Morgan fingerprint density at radius 2 is 1.71 bits per heavy atom. The van der Waals surface area contributed by atoms with Gasteiger partial charge in [-0.2, -0.15) is 4.39 Å². The molecule has 2 aromatic rings. The van der Waals surface area contributed by atoms with E-state index in [2.05, 4.69) is 6.58 Å². The minimum Gasteiger partial charge on any atom is -0.486 e. The van der Waals surface area contributed by atoms with Gasteiger partial charge < -0.3 is 14.6 Å². The molecule has 1 unspecified atom stereocenters. The number of aliphatic hydroxyl groups excluding tert-OH is 1. The van der Waals surface area contributed by atoms with Gasteiger partial charge in [-0.1, -0.05) is 30.9 Å². The van der Waals surface area contributed by atoms with E-state index < -0.39 is 29.4 Å². The Bertz CT molecular complexity index is 922. The molecule has 3 rings (SSSR count). The van der Waals surface area contributed by atoms with Crippen molar-refractivity contribution in [3.8, 4) is 5.75 Å². The van der Waals surface area contributed by atoms with Crippen molar-refractivity contribution >= 4 is 0 Å². The second-order valence-electron chi connectivity index (χ2n) is 7.78. The van der Waals surface area contributed by atoms with Crippen LogP contribution in [0, 0.1) is 23.3 Å². The molecule has 1 fully saturated rings. The number of rotatable bonds is 8. The van der Waals surface area contributed by atoms with Crippen LogP contribution < -0.4 is 4.74 Å². The monoisotopic (exact) mass is 438 g/mol. The molecule has 0 radical (unpaired) electrons. The van der Waals surface area contributed by atoms with Crippen molar-refractivity contribution in [2.45, 2.75) is 57.3 Å². The van der Waals surface area contributed by atoms with Gasteiger partial charge >= 0.3 is 0 Å². The molecular formula is C24H26F4O3. The van der Waals surface area contributed by atoms with Crippen LogP contribution in [0.4, 0.5) is 17.6 Å². The van der Waals surface area contributed by atoms with Gasteiger partial charge in [-0.25, -0.2) is 13.2 Å². The molecule has 1 atom stereocenters. The van der Waals surface area contributed by atoms with E-state index in [9.17, 15) is 22.7 Å². The smallest absolute Gasteiger partial charge is 0.200 e. The van der Waals surface area contributed by atoms with Gasteiger partial charge in [0, 0.05) is 11.1 Å². The van der Waals surface area contributed by atoms with Crippen LogP contribution in [-0.2, 0) is 11.3 Å². The van der Waals surface area contributed by atoms with E-state index in [1.165, 1.54) is 31.2 Å². The molecule has 0 saturated heterocycles. The average molecular weight is 438 g/mol. The maximum absolute atomic E-state index is 14.5. The molecule has 0 amide bonds. The Morgan fingerprint density at radius 1 is 1.00 bits per heavy atom. The Hall–Kier alpha value is -2.38. The molecule has 7 heteroatoms. The highest BCUT2D eigenvalue weighted by atomic mass is 19.2. The number of hydrogen-bond acceptors (Lipinski definition) is 3. The van der Waals surface area contributed by atoms with Crippen LogP contribution in [0.2, 0.25) is 0 Å². The van der Waals surface area contributed by atoms with Crippen molar-refractivity contribution in [1.82, 2.24) is 0 Å². The number of aliphatic hydroxyl groups is 1. The molecule has 168 valence electrons. The van der Waals surface area contributed by atoms with Gasteiger partial charge in [0.25, 0.3) is 0 Å². The van der Waals surface area contributed by atoms with Gasteiger partial charge in [-0.3, -0.25) is 0 Å². The normalized spacial score (nSPS) is 19.8. The van der Waals surface area contributed by atoms with Gasteiger partial charge in [-0.15, -0.1) is 0 Å². The molecule has 1 aliphatic rings. The SMILES string of the molecule is C=CCOc1ccc(C2CCC(OCc3ccc(C(C)O)c(F)c3F)CC2)c(F)c1F. The van der Waals surface area contributed by atoms with Crippen molar-refractivity contribution < 1.29 is 32.1 Å². The third-order valence-electron chi connectivity index (χ3n) is 5.66. The summed E-state index contributed by atoms with van der Waals surface area (Å²) < 4.78 is 67.8. The molecule has 1 aliphatic carbocycles. The first-order valence-electron chi connectivity index (χ1n) is 10.3. The van der Waals surface area contributed by atoms with Crippen molar-refractivity contribution in [2.75, 3.05) is 6.61 Å². The van der Waals surface area contributed by atoms with Crippen LogP contribution in [0.15, 0.2) is 36.9 Å². The van der Waals surface area contributed by atoms with Gasteiger partial charge in [0.2, 0.25) is 5.82 Å². The summed E-state index contributed by atoms with van der Waals surface area (Å²) in [5.41, 5.74) is 0.285. The molecule has 0 aliphatic heterocycles. The molecule has 3 nitrogen and oxygen atoms in total. The third-order valence-corrected chi connectivity index (χ3v) is 5.66. The van der Waals surface area contributed by atoms with E-state index in [0.29, 0.717) is 31.2 Å². The summed E-state index contributed by atoms with van der Waals surface area (Å²) >= 11 is 0. The summed E-state index contributed by atoms with van der Waals surface area (Å²) in [5.74, 6) is -4.30. The molecule has 0 bridgehead atoms. The van der Waals surface area contributed by atoms with Gasteiger partial charge in [0.1, 0.15) is 6.61 Å². The zero-order valence-corrected chi connectivity index (χ0v) is 17.3. The number of ether oxygens (including phenoxy) is 2. The Kier molecular flexibility index (Phi) is 7.73. The third kappa shape index (κ3) is 5.28. The lowest BCUT2D eigenvalue weighted by molar-refractivity contribution is 0.0116. The van der Waals surface area contributed by atoms with E-state index in [1.54, 1.807) is 6.07 Å². The van der Waals surface area contributed by atoms with Crippen LogP contribution in [0.3, 0.4) is 0 Å². The zero-order chi connectivity index (χ0) is 22.5. The predicted octanol–water partition coefficient (Wildman–Crippen LogP) is 6.10. The minimum atomic E-state index is -1.10. The number of halogens is 4. The van der Waals surface area contributed by atoms with E-state index in [0.717, 1.165) is 0 Å². The summed E-state index contributed by atoms with van der Waals surface area (Å²) in [5, 5.41) is 9.46. The van der Waals surface area contributed by atoms with E-state index in [-0.39, 0.29) is 42.1 Å². The second kappa shape index (κ2) is 10.3. The van der Waals surface area contributed by atoms with Gasteiger partial charge in [0.15, 0.2) is 23.2 Å². The number of hydrogen-bond donors (Lipinski definition) is 1.